The van der Waals surface area contributed by atoms with Crippen LogP contribution in [-0.2, 0) is 6.42 Å². The van der Waals surface area contributed by atoms with Crippen LogP contribution in [0.25, 0.3) is 10.9 Å². The van der Waals surface area contributed by atoms with Crippen molar-refractivity contribution in [3.05, 3.63) is 82.9 Å². The van der Waals surface area contributed by atoms with E-state index in [1.165, 1.54) is 0 Å². The number of amides is 1. The normalized spacial score (nSPS) is 11.9. The first-order valence-corrected chi connectivity index (χ1v) is 10.9. The summed E-state index contributed by atoms with van der Waals surface area (Å²) in [6.45, 7) is 3.79. The van der Waals surface area contributed by atoms with E-state index in [1.807, 2.05) is 75.4 Å². The Morgan fingerprint density at radius 2 is 1.91 bits per heavy atom. The van der Waals surface area contributed by atoms with Crippen molar-refractivity contribution in [1.29, 1.82) is 0 Å². The molecule has 0 aliphatic heterocycles. The van der Waals surface area contributed by atoms with E-state index in [0.29, 0.717) is 23.6 Å². The first-order chi connectivity index (χ1) is 15.9. The number of aromatic nitrogens is 3. The fourth-order valence-electron chi connectivity index (χ4n) is 4.07. The number of para-hydroxylation sites is 2. The zero-order valence-electron chi connectivity index (χ0n) is 19.6. The molecule has 1 atom stereocenters. The molecule has 0 spiro atoms. The van der Waals surface area contributed by atoms with Crippen LogP contribution < -0.4 is 15.0 Å². The third kappa shape index (κ3) is 4.67. The highest BCUT2D eigenvalue weighted by molar-refractivity contribution is 5.97. The maximum absolute atomic E-state index is 13.4. The van der Waals surface area contributed by atoms with Crippen LogP contribution in [0.15, 0.2) is 54.7 Å². The summed E-state index contributed by atoms with van der Waals surface area (Å²) in [5.74, 6) is 1.82. The Labute approximate surface area is 193 Å². The molecule has 2 heterocycles. The number of H-pyrrole nitrogens is 1. The Balaban J connectivity index is 1.75. The molecule has 0 saturated carbocycles. The van der Waals surface area contributed by atoms with E-state index >= 15 is 0 Å². The van der Waals surface area contributed by atoms with Crippen LogP contribution in [0.4, 0.5) is 5.82 Å². The van der Waals surface area contributed by atoms with E-state index in [-0.39, 0.29) is 11.9 Å². The highest BCUT2D eigenvalue weighted by Gasteiger charge is 2.23. The highest BCUT2D eigenvalue weighted by Crippen LogP contribution is 2.28. The molecule has 1 amide bonds. The number of carbonyl (C=O) groups is 1. The number of methoxy groups -OCH3 is 1. The molecular weight excluding hydrogens is 414 g/mol. The number of hydrogen-bond donors (Lipinski definition) is 2. The highest BCUT2D eigenvalue weighted by atomic mass is 16.5. The van der Waals surface area contributed by atoms with Gasteiger partial charge in [0.15, 0.2) is 0 Å². The number of aryl methyl sites for hydroxylation is 2. The molecule has 170 valence electrons. The van der Waals surface area contributed by atoms with Gasteiger partial charge in [-0.1, -0.05) is 30.3 Å². The lowest BCUT2D eigenvalue weighted by atomic mass is 10.0. The van der Waals surface area contributed by atoms with E-state index < -0.39 is 0 Å². The predicted molar refractivity (Wildman–Crippen MR) is 131 cm³/mol. The van der Waals surface area contributed by atoms with Crippen LogP contribution in [0, 0.1) is 13.8 Å². The Morgan fingerprint density at radius 3 is 2.67 bits per heavy atom. The molecule has 2 aromatic heterocycles. The van der Waals surface area contributed by atoms with Crippen LogP contribution in [0.1, 0.15) is 39.0 Å². The molecule has 7 heteroatoms. The number of anilines is 1. The maximum Gasteiger partial charge on any atom is 0.255 e. The fourth-order valence-corrected chi connectivity index (χ4v) is 4.07. The Hall–Kier alpha value is -3.87. The van der Waals surface area contributed by atoms with Gasteiger partial charge >= 0.3 is 0 Å². The van der Waals surface area contributed by atoms with Crippen LogP contribution in [-0.4, -0.2) is 42.1 Å². The Bertz CT molecular complexity index is 1300. The summed E-state index contributed by atoms with van der Waals surface area (Å²) in [5, 5.41) is 4.33. The molecule has 0 unspecified atom stereocenters. The molecule has 4 rings (SSSR count). The van der Waals surface area contributed by atoms with Gasteiger partial charge in [0, 0.05) is 43.7 Å². The second-order valence-electron chi connectivity index (χ2n) is 8.34. The summed E-state index contributed by atoms with van der Waals surface area (Å²) in [7, 11) is 5.46. The number of nitrogens with one attached hydrogen (secondary N) is 2. The summed E-state index contributed by atoms with van der Waals surface area (Å²) >= 11 is 0. The first kappa shape index (κ1) is 22.3. The quantitative estimate of drug-likeness (QED) is 0.443. The average molecular weight is 444 g/mol. The number of carbonyl (C=O) groups excluding carboxylic acids is 1. The second kappa shape index (κ2) is 9.32. The predicted octanol–water partition coefficient (Wildman–Crippen LogP) is 4.36. The lowest BCUT2D eigenvalue weighted by molar-refractivity contribution is 0.0932. The van der Waals surface area contributed by atoms with Gasteiger partial charge in [0.2, 0.25) is 0 Å². The van der Waals surface area contributed by atoms with Gasteiger partial charge in [-0.05, 0) is 37.1 Å². The van der Waals surface area contributed by atoms with Crippen molar-refractivity contribution >= 4 is 22.6 Å². The van der Waals surface area contributed by atoms with Gasteiger partial charge in [0.25, 0.3) is 5.91 Å². The lowest BCUT2D eigenvalue weighted by Crippen LogP contribution is -2.31. The molecule has 2 aromatic carbocycles. The molecule has 0 aliphatic carbocycles. The summed E-state index contributed by atoms with van der Waals surface area (Å²) in [5.41, 5.74) is 4.34. The summed E-state index contributed by atoms with van der Waals surface area (Å²) < 4.78 is 5.52. The van der Waals surface area contributed by atoms with Crippen LogP contribution in [0.3, 0.4) is 0 Å². The van der Waals surface area contributed by atoms with Crippen LogP contribution in [0.5, 0.6) is 5.75 Å². The summed E-state index contributed by atoms with van der Waals surface area (Å²) in [6, 6.07) is 15.3. The minimum Gasteiger partial charge on any atom is -0.496 e. The molecule has 0 radical (unpaired) electrons. The van der Waals surface area contributed by atoms with Crippen molar-refractivity contribution in [3.8, 4) is 5.75 Å². The molecule has 0 fully saturated rings. The van der Waals surface area contributed by atoms with Gasteiger partial charge in [-0.25, -0.2) is 9.97 Å². The molecule has 4 aromatic rings. The minimum atomic E-state index is -0.359. The van der Waals surface area contributed by atoms with E-state index in [9.17, 15) is 4.79 Å². The van der Waals surface area contributed by atoms with Gasteiger partial charge in [-0.3, -0.25) is 4.79 Å². The number of ether oxygens (including phenoxy) is 1. The summed E-state index contributed by atoms with van der Waals surface area (Å²) in [4.78, 5) is 27.9. The smallest absolute Gasteiger partial charge is 0.255 e. The minimum absolute atomic E-state index is 0.206. The SMILES string of the molecule is COc1c(C)cccc1C(=O)N[C@@H](Cc1c[nH]c2ccccc12)c1cc(N(C)C)nc(C)n1. The molecule has 33 heavy (non-hydrogen) atoms. The number of aromatic amines is 1. The molecule has 0 aliphatic rings. The van der Waals surface area contributed by atoms with E-state index in [1.54, 1.807) is 13.2 Å². The van der Waals surface area contributed by atoms with Gasteiger partial charge in [-0.15, -0.1) is 0 Å². The number of rotatable bonds is 7. The molecule has 0 bridgehead atoms. The van der Waals surface area contributed by atoms with Crippen molar-refractivity contribution in [2.24, 2.45) is 0 Å². The molecule has 2 N–H and O–H groups in total. The zero-order chi connectivity index (χ0) is 23.5. The molecular formula is C26H29N5O2. The number of nitrogens with zero attached hydrogens (tertiary/aromatic N) is 3. The van der Waals surface area contributed by atoms with Gasteiger partial charge in [-0.2, -0.15) is 0 Å². The topological polar surface area (TPSA) is 83.1 Å². The third-order valence-corrected chi connectivity index (χ3v) is 5.72. The Kier molecular flexibility index (Phi) is 6.31. The molecule has 7 nitrogen and oxygen atoms in total. The maximum atomic E-state index is 13.4. The number of benzene rings is 2. The van der Waals surface area contributed by atoms with E-state index in [0.717, 1.165) is 33.5 Å². The van der Waals surface area contributed by atoms with Crippen molar-refractivity contribution < 1.29 is 9.53 Å². The van der Waals surface area contributed by atoms with Crippen LogP contribution >= 0.6 is 0 Å². The fraction of sp³-hybridized carbons (Fsp3) is 0.269. The summed E-state index contributed by atoms with van der Waals surface area (Å²) in [6.07, 6.45) is 2.57. The first-order valence-electron chi connectivity index (χ1n) is 10.9. The van der Waals surface area contributed by atoms with E-state index in [2.05, 4.69) is 21.4 Å². The Morgan fingerprint density at radius 1 is 1.12 bits per heavy atom. The monoisotopic (exact) mass is 443 g/mol. The van der Waals surface area contributed by atoms with Crippen molar-refractivity contribution in [3.63, 3.8) is 0 Å². The van der Waals surface area contributed by atoms with Crippen molar-refractivity contribution in [2.45, 2.75) is 26.3 Å². The van der Waals surface area contributed by atoms with E-state index in [4.69, 9.17) is 9.72 Å². The number of hydrogen-bond acceptors (Lipinski definition) is 5. The zero-order valence-corrected chi connectivity index (χ0v) is 19.6. The molecule has 0 saturated heterocycles. The lowest BCUT2D eigenvalue weighted by Gasteiger charge is -2.21. The second-order valence-corrected chi connectivity index (χ2v) is 8.34. The van der Waals surface area contributed by atoms with Gasteiger partial charge < -0.3 is 19.9 Å². The van der Waals surface area contributed by atoms with Gasteiger partial charge in [0.1, 0.15) is 17.4 Å². The van der Waals surface area contributed by atoms with Crippen molar-refractivity contribution in [1.82, 2.24) is 20.3 Å². The van der Waals surface area contributed by atoms with Crippen molar-refractivity contribution in [2.75, 3.05) is 26.1 Å². The third-order valence-electron chi connectivity index (χ3n) is 5.72. The standard InChI is InChI=1S/C26H29N5O2/c1-16-9-8-11-20(25(16)33-5)26(32)30-22(23-14-24(31(3)4)29-17(2)28-23)13-18-15-27-21-12-7-6-10-19(18)21/h6-12,14-15,22,27H,13H2,1-5H3,(H,30,32)/t22-/m0/s1. The van der Waals surface area contributed by atoms with Crippen LogP contribution in [0.2, 0.25) is 0 Å². The van der Waals surface area contributed by atoms with Gasteiger partial charge in [0.05, 0.1) is 24.4 Å². The number of fused-ring (bicyclic) bond motifs is 1. The largest absolute Gasteiger partial charge is 0.496 e. The average Bonchev–Trinajstić information content (AvgIpc) is 3.20.